The van der Waals surface area contributed by atoms with Gasteiger partial charge in [0.15, 0.2) is 5.76 Å². The van der Waals surface area contributed by atoms with Gasteiger partial charge < -0.3 is 14.7 Å². The van der Waals surface area contributed by atoms with E-state index in [0.717, 1.165) is 48.2 Å². The Balaban J connectivity index is 1.37. The number of anilines is 1. The van der Waals surface area contributed by atoms with Crippen molar-refractivity contribution in [3.8, 4) is 11.3 Å². The molecule has 1 amide bonds. The largest absolute Gasteiger partial charge is 0.356 e. The third-order valence-corrected chi connectivity index (χ3v) is 6.32. The van der Waals surface area contributed by atoms with Crippen molar-refractivity contribution in [2.75, 3.05) is 18.4 Å². The summed E-state index contributed by atoms with van der Waals surface area (Å²) in [4.78, 5) is 24.5. The molecular weight excluding hydrogens is 406 g/mol. The Bertz CT molecular complexity index is 1120. The molecule has 32 heavy (non-hydrogen) atoms. The van der Waals surface area contributed by atoms with Crippen molar-refractivity contribution in [1.82, 2.24) is 29.8 Å². The molecule has 0 bridgehead atoms. The maximum Gasteiger partial charge on any atom is 0.272 e. The lowest BCUT2D eigenvalue weighted by molar-refractivity contribution is 0.0699. The van der Waals surface area contributed by atoms with E-state index < -0.39 is 0 Å². The Morgan fingerprint density at radius 1 is 1.19 bits per heavy atom. The Hall–Kier alpha value is -3.23. The molecule has 9 heteroatoms. The summed E-state index contributed by atoms with van der Waals surface area (Å²) in [6.07, 6.45) is 7.61. The number of likely N-dealkylation sites (tertiary alicyclic amines) is 1. The van der Waals surface area contributed by atoms with E-state index in [0.29, 0.717) is 43.1 Å². The molecule has 1 aliphatic carbocycles. The highest BCUT2D eigenvalue weighted by molar-refractivity contribution is 5.94. The van der Waals surface area contributed by atoms with Crippen LogP contribution in [-0.4, -0.2) is 54.8 Å². The summed E-state index contributed by atoms with van der Waals surface area (Å²) in [6.45, 7) is 7.90. The summed E-state index contributed by atoms with van der Waals surface area (Å²) in [5, 5.41) is 11.8. The van der Waals surface area contributed by atoms with Gasteiger partial charge in [-0.25, -0.2) is 9.97 Å². The maximum atomic E-state index is 13.2. The standard InChI is InChI=1S/C23H29N7O2/c1-4-30-21(14(2)12-25-30)22(31)29-9-7-16(8-10-29)20-18(19-11-15(3)28-32-19)13-24-23(27-20)26-17-5-6-17/h11-13,16-17H,4-10H2,1-3H3,(H,24,26,27). The molecule has 4 heterocycles. The first kappa shape index (κ1) is 20.7. The van der Waals surface area contributed by atoms with Crippen LogP contribution in [0.4, 0.5) is 5.95 Å². The van der Waals surface area contributed by atoms with Crippen molar-refractivity contribution in [3.05, 3.63) is 41.1 Å². The lowest BCUT2D eigenvalue weighted by Gasteiger charge is -2.32. The molecule has 168 valence electrons. The van der Waals surface area contributed by atoms with Crippen LogP contribution < -0.4 is 5.32 Å². The highest BCUT2D eigenvalue weighted by atomic mass is 16.5. The normalized spacial score (nSPS) is 17.0. The van der Waals surface area contributed by atoms with Gasteiger partial charge >= 0.3 is 0 Å². The van der Waals surface area contributed by atoms with Crippen LogP contribution in [0.5, 0.6) is 0 Å². The van der Waals surface area contributed by atoms with Crippen LogP contribution in [0.2, 0.25) is 0 Å². The minimum absolute atomic E-state index is 0.0603. The molecule has 0 spiro atoms. The molecule has 0 atom stereocenters. The van der Waals surface area contributed by atoms with Gasteiger partial charge in [-0.2, -0.15) is 5.10 Å². The molecule has 2 fully saturated rings. The number of amides is 1. The Labute approximate surface area is 187 Å². The van der Waals surface area contributed by atoms with Crippen LogP contribution in [0.3, 0.4) is 0 Å². The second-order valence-corrected chi connectivity index (χ2v) is 8.80. The Morgan fingerprint density at radius 2 is 1.97 bits per heavy atom. The maximum absolute atomic E-state index is 13.2. The average molecular weight is 436 g/mol. The number of piperidine rings is 1. The molecule has 5 rings (SSSR count). The van der Waals surface area contributed by atoms with E-state index >= 15 is 0 Å². The van der Waals surface area contributed by atoms with Gasteiger partial charge in [0.25, 0.3) is 5.91 Å². The minimum atomic E-state index is 0.0603. The number of nitrogens with zero attached hydrogens (tertiary/aromatic N) is 6. The SMILES string of the molecule is CCn1ncc(C)c1C(=O)N1CCC(c2nc(NC3CC3)ncc2-c2cc(C)no2)CC1. The summed E-state index contributed by atoms with van der Waals surface area (Å²) in [6, 6.07) is 2.40. The molecular formula is C23H29N7O2. The Kier molecular flexibility index (Phi) is 5.40. The number of nitrogens with one attached hydrogen (secondary N) is 1. The first-order valence-corrected chi connectivity index (χ1v) is 11.4. The molecule has 0 aromatic carbocycles. The van der Waals surface area contributed by atoms with Gasteiger partial charge in [-0.15, -0.1) is 0 Å². The van der Waals surface area contributed by atoms with Gasteiger partial charge in [-0.3, -0.25) is 9.48 Å². The van der Waals surface area contributed by atoms with E-state index in [2.05, 4.69) is 20.6 Å². The third kappa shape index (κ3) is 3.99. The first-order valence-electron chi connectivity index (χ1n) is 11.4. The van der Waals surface area contributed by atoms with Crippen LogP contribution in [0.25, 0.3) is 11.3 Å². The molecule has 1 saturated heterocycles. The Morgan fingerprint density at radius 3 is 2.62 bits per heavy atom. The molecule has 3 aromatic rings. The van der Waals surface area contributed by atoms with Crippen LogP contribution in [0.15, 0.2) is 23.0 Å². The smallest absolute Gasteiger partial charge is 0.272 e. The van der Waals surface area contributed by atoms with Crippen LogP contribution in [0.1, 0.15) is 66.0 Å². The van der Waals surface area contributed by atoms with Gasteiger partial charge in [0.2, 0.25) is 5.95 Å². The van der Waals surface area contributed by atoms with E-state index in [1.807, 2.05) is 37.9 Å². The quantitative estimate of drug-likeness (QED) is 0.631. The highest BCUT2D eigenvalue weighted by Gasteiger charge is 2.31. The molecule has 9 nitrogen and oxygen atoms in total. The molecule has 3 aromatic heterocycles. The van der Waals surface area contributed by atoms with Crippen molar-refractivity contribution < 1.29 is 9.32 Å². The first-order chi connectivity index (χ1) is 15.5. The molecule has 0 radical (unpaired) electrons. The number of carbonyl (C=O) groups is 1. The zero-order valence-electron chi connectivity index (χ0n) is 18.8. The van der Waals surface area contributed by atoms with E-state index in [1.165, 1.54) is 0 Å². The van der Waals surface area contributed by atoms with Crippen LogP contribution in [-0.2, 0) is 6.54 Å². The average Bonchev–Trinajstić information content (AvgIpc) is 3.39. The van der Waals surface area contributed by atoms with E-state index in [-0.39, 0.29) is 11.8 Å². The summed E-state index contributed by atoms with van der Waals surface area (Å²) < 4.78 is 7.32. The van der Waals surface area contributed by atoms with Crippen LogP contribution >= 0.6 is 0 Å². The summed E-state index contributed by atoms with van der Waals surface area (Å²) in [7, 11) is 0. The predicted molar refractivity (Wildman–Crippen MR) is 119 cm³/mol. The molecule has 0 unspecified atom stereocenters. The molecule has 1 saturated carbocycles. The van der Waals surface area contributed by atoms with Crippen molar-refractivity contribution >= 4 is 11.9 Å². The molecule has 2 aliphatic rings. The fourth-order valence-electron chi connectivity index (χ4n) is 4.37. The number of rotatable bonds is 6. The second-order valence-electron chi connectivity index (χ2n) is 8.80. The summed E-state index contributed by atoms with van der Waals surface area (Å²) in [5.41, 5.74) is 4.31. The van der Waals surface area contributed by atoms with Crippen LogP contribution in [0, 0.1) is 13.8 Å². The highest BCUT2D eigenvalue weighted by Crippen LogP contribution is 2.35. The number of aromatic nitrogens is 5. The fraction of sp³-hybridized carbons (Fsp3) is 0.522. The molecule has 1 aliphatic heterocycles. The molecule has 1 N–H and O–H groups in total. The fourth-order valence-corrected chi connectivity index (χ4v) is 4.37. The third-order valence-electron chi connectivity index (χ3n) is 6.32. The van der Waals surface area contributed by atoms with E-state index in [9.17, 15) is 4.79 Å². The lowest BCUT2D eigenvalue weighted by Crippen LogP contribution is -2.39. The van der Waals surface area contributed by atoms with Crippen molar-refractivity contribution in [2.24, 2.45) is 0 Å². The zero-order chi connectivity index (χ0) is 22.2. The summed E-state index contributed by atoms with van der Waals surface area (Å²) >= 11 is 0. The minimum Gasteiger partial charge on any atom is -0.356 e. The predicted octanol–water partition coefficient (Wildman–Crippen LogP) is 3.56. The van der Waals surface area contributed by atoms with Gasteiger partial charge in [0.1, 0.15) is 5.69 Å². The second kappa shape index (κ2) is 8.37. The van der Waals surface area contributed by atoms with Gasteiger partial charge in [-0.1, -0.05) is 5.16 Å². The van der Waals surface area contributed by atoms with Crippen molar-refractivity contribution in [3.63, 3.8) is 0 Å². The number of hydrogen-bond donors (Lipinski definition) is 1. The number of hydrogen-bond acceptors (Lipinski definition) is 7. The number of aryl methyl sites for hydroxylation is 3. The van der Waals surface area contributed by atoms with E-state index in [4.69, 9.17) is 9.51 Å². The summed E-state index contributed by atoms with van der Waals surface area (Å²) in [5.74, 6) is 1.64. The van der Waals surface area contributed by atoms with Gasteiger partial charge in [-0.05, 0) is 52.0 Å². The van der Waals surface area contributed by atoms with E-state index in [1.54, 1.807) is 10.9 Å². The van der Waals surface area contributed by atoms with Crippen molar-refractivity contribution in [1.29, 1.82) is 0 Å². The monoisotopic (exact) mass is 435 g/mol. The van der Waals surface area contributed by atoms with Gasteiger partial charge in [0.05, 0.1) is 23.1 Å². The lowest BCUT2D eigenvalue weighted by atomic mass is 9.90. The van der Waals surface area contributed by atoms with Gasteiger partial charge in [0, 0.05) is 43.9 Å². The zero-order valence-corrected chi connectivity index (χ0v) is 18.8. The number of carbonyl (C=O) groups excluding carboxylic acids is 1. The van der Waals surface area contributed by atoms with Crippen molar-refractivity contribution in [2.45, 2.75) is 65.0 Å². The topological polar surface area (TPSA) is 102 Å².